The highest BCUT2D eigenvalue weighted by molar-refractivity contribution is 5.57. The van der Waals surface area contributed by atoms with Crippen LogP contribution in [0.25, 0.3) is 0 Å². The average molecular weight is 333 g/mol. The van der Waals surface area contributed by atoms with Gasteiger partial charge in [0.1, 0.15) is 11.6 Å². The maximum atomic E-state index is 13.9. The predicted octanol–water partition coefficient (Wildman–Crippen LogP) is 4.99. The molecule has 4 rings (SSSR count). The lowest BCUT2D eigenvalue weighted by Gasteiger charge is -2.39. The first kappa shape index (κ1) is 15.7. The highest BCUT2D eigenvalue weighted by atomic mass is 19.1. The number of fused-ring (bicyclic) bond motifs is 1. The molecule has 0 amide bonds. The highest BCUT2D eigenvalue weighted by Gasteiger charge is 2.29. The molecule has 1 aliphatic heterocycles. The first-order valence-corrected chi connectivity index (χ1v) is 8.50. The van der Waals surface area contributed by atoms with E-state index in [4.69, 9.17) is 4.74 Å². The minimum atomic E-state index is -0.199. The first-order chi connectivity index (χ1) is 12.3. The Labute approximate surface area is 147 Å². The molecule has 1 unspecified atom stereocenters. The summed E-state index contributed by atoms with van der Waals surface area (Å²) >= 11 is 0. The van der Waals surface area contributed by atoms with Crippen LogP contribution in [0.2, 0.25) is 0 Å². The van der Waals surface area contributed by atoms with Crippen molar-refractivity contribution in [2.24, 2.45) is 0 Å². The van der Waals surface area contributed by atoms with E-state index in [1.165, 1.54) is 17.2 Å². The number of benzene rings is 3. The summed E-state index contributed by atoms with van der Waals surface area (Å²) in [5.41, 5.74) is 4.67. The van der Waals surface area contributed by atoms with Gasteiger partial charge in [-0.05, 0) is 59.5 Å². The van der Waals surface area contributed by atoms with E-state index in [0.717, 1.165) is 30.0 Å². The van der Waals surface area contributed by atoms with Crippen LogP contribution >= 0.6 is 0 Å². The Morgan fingerprint density at radius 1 is 0.960 bits per heavy atom. The summed E-state index contributed by atoms with van der Waals surface area (Å²) in [6.07, 6.45) is 0.980. The summed E-state index contributed by atoms with van der Waals surface area (Å²) in [5, 5.41) is 0. The Balaban J connectivity index is 1.82. The van der Waals surface area contributed by atoms with Gasteiger partial charge in [0.2, 0.25) is 0 Å². The Kier molecular flexibility index (Phi) is 4.14. The van der Waals surface area contributed by atoms with Crippen LogP contribution in [0.3, 0.4) is 0 Å². The van der Waals surface area contributed by atoms with Gasteiger partial charge < -0.3 is 9.64 Å². The van der Waals surface area contributed by atoms with Crippen LogP contribution in [0.15, 0.2) is 72.8 Å². The van der Waals surface area contributed by atoms with Gasteiger partial charge in [0.05, 0.1) is 13.2 Å². The lowest BCUT2D eigenvalue weighted by molar-refractivity contribution is 0.414. The summed E-state index contributed by atoms with van der Waals surface area (Å²) in [5.74, 6) is 0.638. The number of hydrogen-bond acceptors (Lipinski definition) is 2. The van der Waals surface area contributed by atoms with Gasteiger partial charge in [-0.15, -0.1) is 0 Å². The second kappa shape index (κ2) is 6.60. The molecule has 3 heteroatoms. The molecule has 1 aliphatic rings. The Morgan fingerprint density at radius 3 is 2.52 bits per heavy atom. The summed E-state index contributed by atoms with van der Waals surface area (Å²) in [6.45, 7) is 0.893. The van der Waals surface area contributed by atoms with Crippen molar-refractivity contribution < 1.29 is 9.13 Å². The van der Waals surface area contributed by atoms with Gasteiger partial charge in [0.25, 0.3) is 0 Å². The van der Waals surface area contributed by atoms with Crippen LogP contribution in [0.5, 0.6) is 5.75 Å². The molecule has 0 saturated heterocycles. The average Bonchev–Trinajstić information content (AvgIpc) is 2.67. The van der Waals surface area contributed by atoms with E-state index in [1.54, 1.807) is 19.2 Å². The van der Waals surface area contributed by atoms with Crippen LogP contribution in [0.4, 0.5) is 10.1 Å². The normalized spacial score (nSPS) is 16.4. The van der Waals surface area contributed by atoms with Gasteiger partial charge in [0.15, 0.2) is 0 Å². The quantitative estimate of drug-likeness (QED) is 0.670. The van der Waals surface area contributed by atoms with E-state index >= 15 is 0 Å². The summed E-state index contributed by atoms with van der Waals surface area (Å²) < 4.78 is 19.2. The van der Waals surface area contributed by atoms with Crippen LogP contribution in [-0.2, 0) is 6.42 Å². The number of methoxy groups -OCH3 is 1. The molecule has 0 aliphatic carbocycles. The molecule has 0 fully saturated rings. The molecule has 1 atom stereocenters. The topological polar surface area (TPSA) is 12.5 Å². The van der Waals surface area contributed by atoms with Crippen molar-refractivity contribution in [3.63, 3.8) is 0 Å². The molecule has 0 radical (unpaired) electrons. The SMILES string of the molecule is COc1ccc(N2CCc3ccccc3C2c2cccc(F)c2)cc1. The number of rotatable bonds is 3. The zero-order valence-electron chi connectivity index (χ0n) is 14.2. The standard InChI is InChI=1S/C22H20FNO/c1-25-20-11-9-19(10-12-20)24-14-13-16-5-2-3-8-21(16)22(24)17-6-4-7-18(23)15-17/h2-12,15,22H,13-14H2,1H3. The fraction of sp³-hybridized carbons (Fsp3) is 0.182. The minimum absolute atomic E-state index is 0.00837. The largest absolute Gasteiger partial charge is 0.497 e. The van der Waals surface area contributed by atoms with Crippen LogP contribution < -0.4 is 9.64 Å². The van der Waals surface area contributed by atoms with Gasteiger partial charge >= 0.3 is 0 Å². The Morgan fingerprint density at radius 2 is 1.76 bits per heavy atom. The third-order valence-corrected chi connectivity index (χ3v) is 4.85. The highest BCUT2D eigenvalue weighted by Crippen LogP contribution is 2.38. The van der Waals surface area contributed by atoms with Gasteiger partial charge in [-0.2, -0.15) is 0 Å². The van der Waals surface area contributed by atoms with E-state index < -0.39 is 0 Å². The van der Waals surface area contributed by atoms with Gasteiger partial charge in [0, 0.05) is 12.2 Å². The van der Waals surface area contributed by atoms with E-state index in [1.807, 2.05) is 18.2 Å². The molecule has 0 saturated carbocycles. The number of hydrogen-bond donors (Lipinski definition) is 0. The Hall–Kier alpha value is -2.81. The van der Waals surface area contributed by atoms with E-state index in [-0.39, 0.29) is 11.9 Å². The zero-order chi connectivity index (χ0) is 17.2. The zero-order valence-corrected chi connectivity index (χ0v) is 14.2. The molecule has 0 aromatic heterocycles. The monoisotopic (exact) mass is 333 g/mol. The second-order valence-electron chi connectivity index (χ2n) is 6.30. The molecule has 0 N–H and O–H groups in total. The third-order valence-electron chi connectivity index (χ3n) is 4.85. The lowest BCUT2D eigenvalue weighted by Crippen LogP contribution is -2.36. The van der Waals surface area contributed by atoms with E-state index in [9.17, 15) is 4.39 Å². The maximum Gasteiger partial charge on any atom is 0.123 e. The van der Waals surface area contributed by atoms with Crippen molar-refractivity contribution >= 4 is 5.69 Å². The predicted molar refractivity (Wildman–Crippen MR) is 98.7 cm³/mol. The van der Waals surface area contributed by atoms with Crippen molar-refractivity contribution in [3.05, 3.63) is 95.3 Å². The third kappa shape index (κ3) is 2.98. The summed E-state index contributed by atoms with van der Waals surface area (Å²) in [6, 6.07) is 23.5. The molecule has 126 valence electrons. The molecule has 0 spiro atoms. The molecular formula is C22H20FNO. The Bertz CT molecular complexity index is 875. The number of ether oxygens (including phenoxy) is 1. The van der Waals surface area contributed by atoms with Crippen molar-refractivity contribution in [2.45, 2.75) is 12.5 Å². The van der Waals surface area contributed by atoms with Crippen molar-refractivity contribution in [3.8, 4) is 5.75 Å². The van der Waals surface area contributed by atoms with Gasteiger partial charge in [-0.1, -0.05) is 36.4 Å². The first-order valence-electron chi connectivity index (χ1n) is 8.50. The number of anilines is 1. The van der Waals surface area contributed by atoms with Crippen LogP contribution in [0, 0.1) is 5.82 Å². The van der Waals surface area contributed by atoms with Crippen molar-refractivity contribution in [1.29, 1.82) is 0 Å². The molecule has 0 bridgehead atoms. The van der Waals surface area contributed by atoms with E-state index in [2.05, 4.69) is 41.3 Å². The molecule has 25 heavy (non-hydrogen) atoms. The minimum Gasteiger partial charge on any atom is -0.497 e. The number of nitrogens with zero attached hydrogens (tertiary/aromatic N) is 1. The molecule has 2 nitrogen and oxygen atoms in total. The smallest absolute Gasteiger partial charge is 0.123 e. The fourth-order valence-corrected chi connectivity index (χ4v) is 3.65. The van der Waals surface area contributed by atoms with Crippen LogP contribution in [0.1, 0.15) is 22.7 Å². The number of halogens is 1. The van der Waals surface area contributed by atoms with Crippen LogP contribution in [-0.4, -0.2) is 13.7 Å². The molecular weight excluding hydrogens is 313 g/mol. The van der Waals surface area contributed by atoms with Gasteiger partial charge in [-0.25, -0.2) is 4.39 Å². The van der Waals surface area contributed by atoms with E-state index in [0.29, 0.717) is 0 Å². The lowest BCUT2D eigenvalue weighted by atomic mass is 9.87. The summed E-state index contributed by atoms with van der Waals surface area (Å²) in [7, 11) is 1.67. The van der Waals surface area contributed by atoms with Gasteiger partial charge in [-0.3, -0.25) is 0 Å². The molecule has 3 aromatic carbocycles. The summed E-state index contributed by atoms with van der Waals surface area (Å²) in [4.78, 5) is 2.34. The fourth-order valence-electron chi connectivity index (χ4n) is 3.65. The molecule has 1 heterocycles. The molecule has 3 aromatic rings. The van der Waals surface area contributed by atoms with Crippen molar-refractivity contribution in [2.75, 3.05) is 18.6 Å². The van der Waals surface area contributed by atoms with Crippen molar-refractivity contribution in [1.82, 2.24) is 0 Å². The maximum absolute atomic E-state index is 13.9. The second-order valence-corrected chi connectivity index (χ2v) is 6.30.